The number of carbonyl (C=O) groups is 2. The van der Waals surface area contributed by atoms with E-state index in [1.807, 2.05) is 0 Å². The molecule has 174 valence electrons. The van der Waals surface area contributed by atoms with Crippen LogP contribution in [0, 0.1) is 5.92 Å². The standard InChI is InChI=1S/C21H25F3N4O3S/c1-11(12-3-4-12)26-20(30)31-13-5-7-28(8-6-13)16-9-15(21(22,23)24)18-17(27-16)14(10-32-18)19(29)25-2/h9-13H,3-8H2,1-2H3,(H,25,29)(H,26,30)/i11D. The van der Waals surface area contributed by atoms with Crippen LogP contribution < -0.4 is 15.5 Å². The topological polar surface area (TPSA) is 83.6 Å². The van der Waals surface area contributed by atoms with Crippen molar-refractivity contribution in [2.24, 2.45) is 5.92 Å². The van der Waals surface area contributed by atoms with Gasteiger partial charge in [0, 0.05) is 44.4 Å². The number of nitrogens with one attached hydrogen (secondary N) is 2. The minimum atomic E-state index is -4.59. The van der Waals surface area contributed by atoms with Crippen molar-refractivity contribution in [3.63, 3.8) is 0 Å². The number of halogens is 3. The molecule has 1 saturated heterocycles. The molecule has 7 nitrogen and oxygen atoms in total. The van der Waals surface area contributed by atoms with Crippen LogP contribution in [0.3, 0.4) is 0 Å². The summed E-state index contributed by atoms with van der Waals surface area (Å²) in [7, 11) is 1.41. The molecule has 3 heterocycles. The third-order valence-electron chi connectivity index (χ3n) is 5.81. The molecule has 2 N–H and O–H groups in total. The maximum atomic E-state index is 13.7. The minimum absolute atomic E-state index is 0.0248. The number of pyridine rings is 1. The van der Waals surface area contributed by atoms with Gasteiger partial charge in [-0.2, -0.15) is 13.2 Å². The average Bonchev–Trinajstić information content (AvgIpc) is 3.53. The molecule has 2 aliphatic rings. The summed E-state index contributed by atoms with van der Waals surface area (Å²) in [4.78, 5) is 30.4. The Kier molecular flexibility index (Phi) is 5.83. The molecular weight excluding hydrogens is 445 g/mol. The molecule has 1 aliphatic heterocycles. The average molecular weight is 472 g/mol. The zero-order valence-corrected chi connectivity index (χ0v) is 18.5. The fourth-order valence-corrected chi connectivity index (χ4v) is 4.85. The first-order valence-corrected chi connectivity index (χ1v) is 11.3. The number of rotatable bonds is 5. The molecule has 2 aromatic heterocycles. The van der Waals surface area contributed by atoms with Crippen LogP contribution in [0.5, 0.6) is 0 Å². The van der Waals surface area contributed by atoms with E-state index in [1.165, 1.54) is 12.4 Å². The molecule has 0 aromatic carbocycles. The highest BCUT2D eigenvalue weighted by Gasteiger charge is 2.36. The Bertz CT molecular complexity index is 1060. The molecule has 2 fully saturated rings. The summed E-state index contributed by atoms with van der Waals surface area (Å²) in [5.74, 6) is -0.231. The predicted octanol–water partition coefficient (Wildman–Crippen LogP) is 4.17. The smallest absolute Gasteiger partial charge is 0.417 e. The fourth-order valence-electron chi connectivity index (χ4n) is 3.83. The van der Waals surface area contributed by atoms with Crippen LogP contribution >= 0.6 is 11.3 Å². The molecule has 0 radical (unpaired) electrons. The number of thiophene rings is 1. The Morgan fingerprint density at radius 3 is 2.59 bits per heavy atom. The van der Waals surface area contributed by atoms with Crippen molar-refractivity contribution in [2.75, 3.05) is 25.0 Å². The summed E-state index contributed by atoms with van der Waals surface area (Å²) >= 11 is 0.843. The monoisotopic (exact) mass is 471 g/mol. The molecule has 2 aromatic rings. The van der Waals surface area contributed by atoms with Gasteiger partial charge in [0.05, 0.1) is 22.7 Å². The minimum Gasteiger partial charge on any atom is -0.446 e. The maximum Gasteiger partial charge on any atom is 0.417 e. The van der Waals surface area contributed by atoms with Gasteiger partial charge in [-0.05, 0) is 31.7 Å². The second-order valence-corrected chi connectivity index (χ2v) is 8.99. The number of anilines is 1. The molecular formula is C21H25F3N4O3S. The Labute approximate surface area is 188 Å². The van der Waals surface area contributed by atoms with Crippen LogP contribution in [-0.4, -0.2) is 49.2 Å². The molecule has 0 bridgehead atoms. The molecule has 1 unspecified atom stereocenters. The lowest BCUT2D eigenvalue weighted by Crippen LogP contribution is -2.42. The zero-order chi connectivity index (χ0) is 24.0. The summed E-state index contributed by atoms with van der Waals surface area (Å²) in [6.45, 7) is 2.33. The Hall–Kier alpha value is -2.56. The fraction of sp³-hybridized carbons (Fsp3) is 0.571. The van der Waals surface area contributed by atoms with E-state index in [4.69, 9.17) is 6.11 Å². The van der Waals surface area contributed by atoms with E-state index in [0.29, 0.717) is 25.9 Å². The summed E-state index contributed by atoms with van der Waals surface area (Å²) in [5.41, 5.74) is -0.694. The highest BCUT2D eigenvalue weighted by atomic mass is 32.1. The highest BCUT2D eigenvalue weighted by molar-refractivity contribution is 7.17. The van der Waals surface area contributed by atoms with E-state index in [9.17, 15) is 22.8 Å². The first-order valence-electron chi connectivity index (χ1n) is 10.9. The number of piperidine rings is 1. The number of alkyl carbamates (subject to hydrolysis) is 1. The van der Waals surface area contributed by atoms with Gasteiger partial charge in [0.25, 0.3) is 5.91 Å². The number of ether oxygens (including phenoxy) is 1. The molecule has 1 aliphatic carbocycles. The first-order chi connectivity index (χ1) is 15.5. The van der Waals surface area contributed by atoms with E-state index < -0.39 is 35.9 Å². The number of alkyl halides is 3. The van der Waals surface area contributed by atoms with Gasteiger partial charge in [-0.15, -0.1) is 11.3 Å². The number of hydrogen-bond acceptors (Lipinski definition) is 6. The van der Waals surface area contributed by atoms with Crippen LogP contribution in [0.1, 0.15) is 49.9 Å². The molecule has 1 saturated carbocycles. The quantitative estimate of drug-likeness (QED) is 0.684. The second kappa shape index (κ2) is 8.76. The molecule has 2 amide bonds. The van der Waals surface area contributed by atoms with Crippen LogP contribution in [-0.2, 0) is 10.9 Å². The van der Waals surface area contributed by atoms with E-state index in [0.717, 1.165) is 30.2 Å². The summed E-state index contributed by atoms with van der Waals surface area (Å²) < 4.78 is 54.8. The largest absolute Gasteiger partial charge is 0.446 e. The number of amides is 2. The van der Waals surface area contributed by atoms with Gasteiger partial charge in [0.15, 0.2) is 0 Å². The first kappa shape index (κ1) is 21.3. The lowest BCUT2D eigenvalue weighted by molar-refractivity contribution is -0.136. The normalized spacial score (nSPS) is 19.9. The zero-order valence-electron chi connectivity index (χ0n) is 18.7. The number of aromatic nitrogens is 1. The van der Waals surface area contributed by atoms with Crippen molar-refractivity contribution in [1.82, 2.24) is 15.6 Å². The van der Waals surface area contributed by atoms with Crippen LogP contribution in [0.15, 0.2) is 11.4 Å². The number of fused-ring (bicyclic) bond motifs is 1. The van der Waals surface area contributed by atoms with Crippen molar-refractivity contribution >= 4 is 39.4 Å². The Morgan fingerprint density at radius 2 is 2.00 bits per heavy atom. The van der Waals surface area contributed by atoms with Gasteiger partial charge in [0.2, 0.25) is 0 Å². The summed E-state index contributed by atoms with van der Waals surface area (Å²) in [6, 6.07) is -0.0460. The lowest BCUT2D eigenvalue weighted by Gasteiger charge is -2.33. The van der Waals surface area contributed by atoms with Crippen molar-refractivity contribution in [3.8, 4) is 0 Å². The summed E-state index contributed by atoms with van der Waals surface area (Å²) in [6.07, 6.45) is -3.00. The van der Waals surface area contributed by atoms with Gasteiger partial charge in [-0.3, -0.25) is 4.79 Å². The van der Waals surface area contributed by atoms with Crippen LogP contribution in [0.2, 0.25) is 0 Å². The van der Waals surface area contributed by atoms with Gasteiger partial charge < -0.3 is 20.3 Å². The number of carbonyl (C=O) groups excluding carboxylic acids is 2. The van der Waals surface area contributed by atoms with E-state index in [2.05, 4.69) is 15.6 Å². The van der Waals surface area contributed by atoms with Crippen molar-refractivity contribution in [1.29, 1.82) is 0 Å². The number of nitrogens with zero attached hydrogens (tertiary/aromatic N) is 2. The third-order valence-corrected chi connectivity index (χ3v) is 6.82. The van der Waals surface area contributed by atoms with Crippen molar-refractivity contribution in [2.45, 2.75) is 50.9 Å². The van der Waals surface area contributed by atoms with Crippen LogP contribution in [0.4, 0.5) is 23.8 Å². The molecule has 11 heteroatoms. The van der Waals surface area contributed by atoms with Crippen molar-refractivity contribution < 1.29 is 28.9 Å². The number of hydrogen-bond donors (Lipinski definition) is 2. The lowest BCUT2D eigenvalue weighted by atomic mass is 10.1. The SMILES string of the molecule is [2H]C(C)(NC(=O)OC1CCN(c2cc(C(F)(F)F)c3scc(C(=O)NC)c3n2)CC1)C1CC1. The van der Waals surface area contributed by atoms with Gasteiger partial charge >= 0.3 is 12.3 Å². The van der Waals surface area contributed by atoms with Crippen molar-refractivity contribution in [3.05, 3.63) is 22.6 Å². The van der Waals surface area contributed by atoms with E-state index >= 15 is 0 Å². The summed E-state index contributed by atoms with van der Waals surface area (Å²) in [5, 5.41) is 6.41. The van der Waals surface area contributed by atoms with Gasteiger partial charge in [0.1, 0.15) is 11.9 Å². The molecule has 1 atom stereocenters. The van der Waals surface area contributed by atoms with Crippen LogP contribution in [0.25, 0.3) is 10.2 Å². The maximum absolute atomic E-state index is 13.7. The second-order valence-electron chi connectivity index (χ2n) is 8.11. The predicted molar refractivity (Wildman–Crippen MR) is 115 cm³/mol. The molecule has 4 rings (SSSR count). The van der Waals surface area contributed by atoms with E-state index in [-0.39, 0.29) is 27.5 Å². The molecule has 32 heavy (non-hydrogen) atoms. The third kappa shape index (κ3) is 4.77. The van der Waals surface area contributed by atoms with E-state index in [1.54, 1.807) is 11.8 Å². The Balaban J connectivity index is 1.48. The highest BCUT2D eigenvalue weighted by Crippen LogP contribution is 2.40. The van der Waals surface area contributed by atoms with Gasteiger partial charge in [-0.25, -0.2) is 9.78 Å². The Morgan fingerprint density at radius 1 is 1.31 bits per heavy atom. The molecule has 0 spiro atoms. The van der Waals surface area contributed by atoms with Gasteiger partial charge in [-0.1, -0.05) is 0 Å².